The number of hydrogen-bond acceptors (Lipinski definition) is 4. The molecular formula is C20H22ClN3OS. The molecule has 2 aromatic heterocycles. The third-order valence-electron chi connectivity index (χ3n) is 4.87. The van der Waals surface area contributed by atoms with E-state index in [9.17, 15) is 4.79 Å². The number of fused-ring (bicyclic) bond motifs is 3. The molecule has 0 N–H and O–H groups in total. The van der Waals surface area contributed by atoms with E-state index >= 15 is 0 Å². The van der Waals surface area contributed by atoms with Gasteiger partial charge in [0.25, 0.3) is 5.56 Å². The fraction of sp³-hybridized carbons (Fsp3) is 0.400. The van der Waals surface area contributed by atoms with Gasteiger partial charge < -0.3 is 4.90 Å². The lowest BCUT2D eigenvalue weighted by molar-refractivity contribution is 0.379. The van der Waals surface area contributed by atoms with Gasteiger partial charge in [0, 0.05) is 9.90 Å². The smallest absolute Gasteiger partial charge is 0.262 e. The quantitative estimate of drug-likeness (QED) is 0.676. The highest BCUT2D eigenvalue weighted by Crippen LogP contribution is 2.34. The standard InChI is InChI=1S/C20H22ClN3OS/c1-23(2)12-17-22-19-18(15-5-3-4-6-16(15)26-19)20(25)24(17)11-13-7-9-14(21)10-8-13/h7-10H,3-6,11-12H2,1-2H3. The Balaban J connectivity index is 1.88. The Morgan fingerprint density at radius 2 is 1.92 bits per heavy atom. The summed E-state index contributed by atoms with van der Waals surface area (Å²) >= 11 is 7.71. The van der Waals surface area contributed by atoms with Crippen LogP contribution in [0.4, 0.5) is 0 Å². The van der Waals surface area contributed by atoms with E-state index in [1.165, 1.54) is 16.9 Å². The molecule has 1 aromatic carbocycles. The van der Waals surface area contributed by atoms with E-state index in [4.69, 9.17) is 16.6 Å². The Bertz CT molecular complexity index is 1000. The van der Waals surface area contributed by atoms with Gasteiger partial charge in [-0.1, -0.05) is 23.7 Å². The molecule has 2 heterocycles. The molecule has 0 spiro atoms. The van der Waals surface area contributed by atoms with E-state index in [1.54, 1.807) is 11.3 Å². The fourth-order valence-electron chi connectivity index (χ4n) is 3.62. The average molecular weight is 388 g/mol. The number of aryl methyl sites for hydroxylation is 2. The van der Waals surface area contributed by atoms with E-state index in [2.05, 4.69) is 4.90 Å². The SMILES string of the molecule is CN(C)Cc1nc2sc3c(c2c(=O)n1Cc1ccc(Cl)cc1)CCCC3. The maximum atomic E-state index is 13.4. The molecule has 4 rings (SSSR count). The number of aromatic nitrogens is 2. The Labute approximate surface area is 162 Å². The predicted molar refractivity (Wildman–Crippen MR) is 108 cm³/mol. The second-order valence-electron chi connectivity index (χ2n) is 7.17. The van der Waals surface area contributed by atoms with Crippen LogP contribution in [0.25, 0.3) is 10.2 Å². The Hall–Kier alpha value is -1.69. The summed E-state index contributed by atoms with van der Waals surface area (Å²) < 4.78 is 1.84. The number of hydrogen-bond donors (Lipinski definition) is 0. The van der Waals surface area contributed by atoms with Crippen molar-refractivity contribution >= 4 is 33.2 Å². The zero-order valence-corrected chi connectivity index (χ0v) is 16.7. The van der Waals surface area contributed by atoms with Crippen molar-refractivity contribution in [1.82, 2.24) is 14.5 Å². The van der Waals surface area contributed by atoms with E-state index < -0.39 is 0 Å². The zero-order chi connectivity index (χ0) is 18.3. The van der Waals surface area contributed by atoms with Gasteiger partial charge >= 0.3 is 0 Å². The molecule has 26 heavy (non-hydrogen) atoms. The predicted octanol–water partition coefficient (Wildman–Crippen LogP) is 4.10. The highest BCUT2D eigenvalue weighted by Gasteiger charge is 2.22. The van der Waals surface area contributed by atoms with Crippen LogP contribution in [0.2, 0.25) is 5.02 Å². The minimum atomic E-state index is 0.0983. The molecule has 0 radical (unpaired) electrons. The first-order valence-corrected chi connectivity index (χ1v) is 10.2. The summed E-state index contributed by atoms with van der Waals surface area (Å²) in [5, 5.41) is 1.55. The molecule has 4 nitrogen and oxygen atoms in total. The van der Waals surface area contributed by atoms with Crippen LogP contribution in [0.5, 0.6) is 0 Å². The minimum absolute atomic E-state index is 0.0983. The van der Waals surface area contributed by atoms with E-state index in [0.29, 0.717) is 18.1 Å². The van der Waals surface area contributed by atoms with Crippen LogP contribution in [0.1, 0.15) is 34.7 Å². The number of nitrogens with zero attached hydrogens (tertiary/aromatic N) is 3. The molecule has 0 saturated carbocycles. The third kappa shape index (κ3) is 3.31. The lowest BCUT2D eigenvalue weighted by Gasteiger charge is -2.16. The first-order valence-electron chi connectivity index (χ1n) is 8.96. The molecule has 136 valence electrons. The summed E-state index contributed by atoms with van der Waals surface area (Å²) in [6, 6.07) is 7.68. The number of halogens is 1. The number of rotatable bonds is 4. The molecule has 0 fully saturated rings. The summed E-state index contributed by atoms with van der Waals surface area (Å²) in [4.78, 5) is 22.6. The van der Waals surface area contributed by atoms with Crippen molar-refractivity contribution in [3.05, 3.63) is 61.5 Å². The van der Waals surface area contributed by atoms with E-state index in [0.717, 1.165) is 40.9 Å². The van der Waals surface area contributed by atoms with Crippen LogP contribution >= 0.6 is 22.9 Å². The Morgan fingerprint density at radius 3 is 2.65 bits per heavy atom. The van der Waals surface area contributed by atoms with Gasteiger partial charge in [-0.25, -0.2) is 4.98 Å². The van der Waals surface area contributed by atoms with Crippen molar-refractivity contribution in [2.75, 3.05) is 14.1 Å². The largest absolute Gasteiger partial charge is 0.302 e. The second-order valence-corrected chi connectivity index (χ2v) is 8.69. The zero-order valence-electron chi connectivity index (χ0n) is 15.1. The average Bonchev–Trinajstić information content (AvgIpc) is 2.98. The first kappa shape index (κ1) is 17.7. The van der Waals surface area contributed by atoms with Gasteiger partial charge in [0.2, 0.25) is 0 Å². The lowest BCUT2D eigenvalue weighted by atomic mass is 9.97. The van der Waals surface area contributed by atoms with Gasteiger partial charge in [0.15, 0.2) is 0 Å². The van der Waals surface area contributed by atoms with E-state index in [1.807, 2.05) is 42.9 Å². The molecule has 0 amide bonds. The van der Waals surface area contributed by atoms with Crippen LogP contribution in [0.3, 0.4) is 0 Å². The van der Waals surface area contributed by atoms with Crippen LogP contribution in [-0.4, -0.2) is 28.5 Å². The van der Waals surface area contributed by atoms with Gasteiger partial charge in [-0.2, -0.15) is 0 Å². The normalized spacial score (nSPS) is 14.2. The molecule has 0 aliphatic heterocycles. The molecule has 0 saturated heterocycles. The van der Waals surface area contributed by atoms with Crippen molar-refractivity contribution < 1.29 is 0 Å². The van der Waals surface area contributed by atoms with Gasteiger partial charge in [0.1, 0.15) is 10.7 Å². The highest BCUT2D eigenvalue weighted by atomic mass is 35.5. The fourth-order valence-corrected chi connectivity index (χ4v) is 5.02. The van der Waals surface area contributed by atoms with Crippen LogP contribution in [0, 0.1) is 0 Å². The number of thiophene rings is 1. The Kier molecular flexibility index (Phi) is 4.86. The van der Waals surface area contributed by atoms with Gasteiger partial charge in [0.05, 0.1) is 18.5 Å². The summed E-state index contributed by atoms with van der Waals surface area (Å²) in [5.74, 6) is 0.820. The summed E-state index contributed by atoms with van der Waals surface area (Å²) in [6.45, 7) is 1.16. The maximum Gasteiger partial charge on any atom is 0.262 e. The summed E-state index contributed by atoms with van der Waals surface area (Å²) in [5.41, 5.74) is 2.40. The summed E-state index contributed by atoms with van der Waals surface area (Å²) in [6.07, 6.45) is 4.45. The van der Waals surface area contributed by atoms with Gasteiger partial charge in [-0.15, -0.1) is 11.3 Å². The number of benzene rings is 1. The Morgan fingerprint density at radius 1 is 1.19 bits per heavy atom. The summed E-state index contributed by atoms with van der Waals surface area (Å²) in [7, 11) is 4.00. The highest BCUT2D eigenvalue weighted by molar-refractivity contribution is 7.18. The third-order valence-corrected chi connectivity index (χ3v) is 6.30. The second kappa shape index (κ2) is 7.14. The molecule has 0 bridgehead atoms. The van der Waals surface area contributed by atoms with Crippen molar-refractivity contribution in [2.45, 2.75) is 38.8 Å². The van der Waals surface area contributed by atoms with Crippen molar-refractivity contribution in [2.24, 2.45) is 0 Å². The van der Waals surface area contributed by atoms with Crippen molar-refractivity contribution in [1.29, 1.82) is 0 Å². The van der Waals surface area contributed by atoms with Crippen molar-refractivity contribution in [3.8, 4) is 0 Å². The molecule has 1 aliphatic rings. The molecular weight excluding hydrogens is 366 g/mol. The molecule has 6 heteroatoms. The van der Waals surface area contributed by atoms with Crippen LogP contribution < -0.4 is 5.56 Å². The molecule has 3 aromatic rings. The molecule has 0 atom stereocenters. The maximum absolute atomic E-state index is 13.4. The first-order chi connectivity index (χ1) is 12.5. The van der Waals surface area contributed by atoms with Gasteiger partial charge in [-0.3, -0.25) is 9.36 Å². The monoisotopic (exact) mass is 387 g/mol. The topological polar surface area (TPSA) is 38.1 Å². The van der Waals surface area contributed by atoms with Gasteiger partial charge in [-0.05, 0) is 63.0 Å². The molecule has 1 aliphatic carbocycles. The van der Waals surface area contributed by atoms with Crippen molar-refractivity contribution in [3.63, 3.8) is 0 Å². The van der Waals surface area contributed by atoms with Crippen LogP contribution in [-0.2, 0) is 25.9 Å². The minimum Gasteiger partial charge on any atom is -0.302 e. The lowest BCUT2D eigenvalue weighted by Crippen LogP contribution is -2.29. The van der Waals surface area contributed by atoms with Crippen LogP contribution in [0.15, 0.2) is 29.1 Å². The molecule has 0 unspecified atom stereocenters. The van der Waals surface area contributed by atoms with E-state index in [-0.39, 0.29) is 5.56 Å².